The normalized spacial score (nSPS) is 17.4. The van der Waals surface area contributed by atoms with E-state index in [0.29, 0.717) is 17.7 Å². The van der Waals surface area contributed by atoms with Crippen molar-refractivity contribution in [3.05, 3.63) is 86.1 Å². The van der Waals surface area contributed by atoms with Gasteiger partial charge in [-0.15, -0.1) is 23.2 Å². The number of hydrogen-bond acceptors (Lipinski definition) is 3. The first-order valence-electron chi connectivity index (χ1n) is 11.2. The van der Waals surface area contributed by atoms with Crippen molar-refractivity contribution in [2.45, 2.75) is 16.4 Å². The molecule has 3 aromatic carbocycles. The van der Waals surface area contributed by atoms with Crippen molar-refractivity contribution in [1.29, 1.82) is 0 Å². The Labute approximate surface area is 257 Å². The van der Waals surface area contributed by atoms with Crippen molar-refractivity contribution in [1.82, 2.24) is 0 Å². The monoisotopic (exact) mass is 691 g/mol. The molecule has 3 amide bonds. The molecule has 222 valence electrons. The standard InChI is InChI=1S/C25H12Cl5F6N3O3/c26-11-2-1-8(5-12(11)27)16-17(24(16,29)30)22(41)37-9-6-10(18(28)14(32)7-9)21(40)39-20-13(31)3-4-15(19(20)33)38-23(42)25(34,35)36/h1-7,16-17H,(H,37,41)(H,38,42)(H,39,40)/t16-,17+/m0/s1. The molecule has 0 heterocycles. The fourth-order valence-corrected chi connectivity index (χ4v) is 5.29. The number of nitrogens with one attached hydrogen (secondary N) is 3. The van der Waals surface area contributed by atoms with Gasteiger partial charge in [0.15, 0.2) is 5.82 Å². The number of halogens is 11. The molecule has 4 rings (SSSR count). The van der Waals surface area contributed by atoms with Crippen molar-refractivity contribution >= 4 is 92.8 Å². The number of carbonyl (C=O) groups excluding carboxylic acids is 3. The van der Waals surface area contributed by atoms with E-state index in [0.717, 1.165) is 12.1 Å². The Bertz CT molecular complexity index is 1640. The Morgan fingerprint density at radius 2 is 1.48 bits per heavy atom. The first-order valence-corrected chi connectivity index (χ1v) is 13.1. The molecule has 1 fully saturated rings. The minimum Gasteiger partial charge on any atom is -0.326 e. The first kappa shape index (κ1) is 32.0. The van der Waals surface area contributed by atoms with Gasteiger partial charge in [-0.25, -0.2) is 13.2 Å². The number of amides is 3. The summed E-state index contributed by atoms with van der Waals surface area (Å²) in [6, 6.07) is 7.06. The van der Waals surface area contributed by atoms with Crippen LogP contribution in [0, 0.1) is 23.4 Å². The van der Waals surface area contributed by atoms with Crippen molar-refractivity contribution in [2.24, 2.45) is 5.92 Å². The highest BCUT2D eigenvalue weighted by atomic mass is 35.5. The molecule has 17 heteroatoms. The molecule has 1 aliphatic rings. The van der Waals surface area contributed by atoms with Crippen LogP contribution in [0.2, 0.25) is 15.1 Å². The zero-order valence-electron chi connectivity index (χ0n) is 20.1. The topological polar surface area (TPSA) is 87.3 Å². The van der Waals surface area contributed by atoms with Gasteiger partial charge in [0.1, 0.15) is 21.7 Å². The van der Waals surface area contributed by atoms with E-state index < -0.39 is 79.5 Å². The van der Waals surface area contributed by atoms with Crippen LogP contribution >= 0.6 is 58.0 Å². The van der Waals surface area contributed by atoms with Gasteiger partial charge in [0, 0.05) is 11.6 Å². The summed E-state index contributed by atoms with van der Waals surface area (Å²) < 4.78 is 79.7. The van der Waals surface area contributed by atoms with Gasteiger partial charge in [-0.3, -0.25) is 14.4 Å². The van der Waals surface area contributed by atoms with Crippen LogP contribution in [0.15, 0.2) is 42.5 Å². The van der Waals surface area contributed by atoms with E-state index >= 15 is 0 Å². The van der Waals surface area contributed by atoms with Gasteiger partial charge in [0.05, 0.1) is 32.2 Å². The highest BCUT2D eigenvalue weighted by Gasteiger charge is 2.67. The molecule has 0 aromatic heterocycles. The summed E-state index contributed by atoms with van der Waals surface area (Å²) in [7, 11) is 0. The predicted molar refractivity (Wildman–Crippen MR) is 146 cm³/mol. The molecular weight excluding hydrogens is 682 g/mol. The Morgan fingerprint density at radius 3 is 2.10 bits per heavy atom. The van der Waals surface area contributed by atoms with Crippen LogP contribution in [0.3, 0.4) is 0 Å². The predicted octanol–water partition coefficient (Wildman–Crippen LogP) is 8.34. The van der Waals surface area contributed by atoms with Gasteiger partial charge in [-0.2, -0.15) is 13.2 Å². The quantitative estimate of drug-likeness (QED) is 0.179. The number of alkyl halides is 5. The van der Waals surface area contributed by atoms with E-state index in [1.54, 1.807) is 11.4 Å². The maximum absolute atomic E-state index is 14.7. The second kappa shape index (κ2) is 11.6. The molecular formula is C25H12Cl5F6N3O3. The summed E-state index contributed by atoms with van der Waals surface area (Å²) in [5.74, 6) is -11.0. The third kappa shape index (κ3) is 6.37. The van der Waals surface area contributed by atoms with Crippen LogP contribution in [-0.2, 0) is 9.59 Å². The highest BCUT2D eigenvalue weighted by molar-refractivity contribution is 6.53. The van der Waals surface area contributed by atoms with Gasteiger partial charge in [-0.05, 0) is 42.0 Å². The largest absolute Gasteiger partial charge is 0.471 e. The van der Waals surface area contributed by atoms with E-state index in [9.17, 15) is 40.7 Å². The summed E-state index contributed by atoms with van der Waals surface area (Å²) in [5.41, 5.74) is -2.96. The average molecular weight is 694 g/mol. The van der Waals surface area contributed by atoms with Crippen molar-refractivity contribution in [2.75, 3.05) is 16.0 Å². The highest BCUT2D eigenvalue weighted by Crippen LogP contribution is 2.65. The smallest absolute Gasteiger partial charge is 0.326 e. The minimum atomic E-state index is -5.39. The van der Waals surface area contributed by atoms with Gasteiger partial charge < -0.3 is 16.0 Å². The molecule has 1 saturated carbocycles. The summed E-state index contributed by atoms with van der Waals surface area (Å²) in [6.45, 7) is 0. The van der Waals surface area contributed by atoms with Gasteiger partial charge in [0.25, 0.3) is 5.91 Å². The van der Waals surface area contributed by atoms with Gasteiger partial charge in [-0.1, -0.05) is 40.9 Å². The average Bonchev–Trinajstić information content (AvgIpc) is 3.48. The molecule has 0 bridgehead atoms. The molecule has 0 unspecified atom stereocenters. The molecule has 0 aliphatic heterocycles. The van der Waals surface area contributed by atoms with Crippen LogP contribution < -0.4 is 16.0 Å². The summed E-state index contributed by atoms with van der Waals surface area (Å²) >= 11 is 30.4. The molecule has 2 atom stereocenters. The maximum atomic E-state index is 14.7. The number of benzene rings is 3. The summed E-state index contributed by atoms with van der Waals surface area (Å²) in [4.78, 5) is 36.9. The fraction of sp³-hybridized carbons (Fsp3) is 0.160. The van der Waals surface area contributed by atoms with E-state index in [1.807, 2.05) is 0 Å². The van der Waals surface area contributed by atoms with Gasteiger partial charge >= 0.3 is 12.1 Å². The molecule has 3 N–H and O–H groups in total. The molecule has 42 heavy (non-hydrogen) atoms. The second-order valence-electron chi connectivity index (χ2n) is 8.80. The number of anilines is 3. The number of hydrogen-bond donors (Lipinski definition) is 3. The third-order valence-corrected chi connectivity index (χ3v) is 8.08. The third-order valence-electron chi connectivity index (χ3n) is 6.01. The lowest BCUT2D eigenvalue weighted by Crippen LogP contribution is -2.30. The Balaban J connectivity index is 1.56. The summed E-state index contributed by atoms with van der Waals surface area (Å²) in [6.07, 6.45) is -5.39. The Hall–Kier alpha value is -2.90. The lowest BCUT2D eigenvalue weighted by molar-refractivity contribution is -0.167. The van der Waals surface area contributed by atoms with Crippen LogP contribution in [0.25, 0.3) is 0 Å². The van der Waals surface area contributed by atoms with Gasteiger partial charge in [0.2, 0.25) is 5.91 Å². The zero-order valence-corrected chi connectivity index (χ0v) is 23.9. The fourth-order valence-electron chi connectivity index (χ4n) is 3.96. The van der Waals surface area contributed by atoms with Crippen LogP contribution in [-0.4, -0.2) is 28.2 Å². The van der Waals surface area contributed by atoms with Crippen molar-refractivity contribution < 1.29 is 40.7 Å². The number of rotatable bonds is 6. The molecule has 1 aliphatic carbocycles. The molecule has 0 spiro atoms. The molecule has 0 radical (unpaired) electrons. The van der Waals surface area contributed by atoms with E-state index in [1.165, 1.54) is 17.4 Å². The van der Waals surface area contributed by atoms with Crippen LogP contribution in [0.4, 0.5) is 43.4 Å². The van der Waals surface area contributed by atoms with Crippen molar-refractivity contribution in [3.63, 3.8) is 0 Å². The maximum Gasteiger partial charge on any atom is 0.471 e. The minimum absolute atomic E-state index is 0.181. The Morgan fingerprint density at radius 1 is 0.810 bits per heavy atom. The SMILES string of the molecule is O=C(Nc1c(F)ccc(NC(=O)C(F)(F)F)c1F)c1cc(NC(=O)[C@H]2[C@H](c3ccc(Cl)c(Cl)c3)C2(Cl)Cl)cc(F)c1Cl. The van der Waals surface area contributed by atoms with Crippen molar-refractivity contribution in [3.8, 4) is 0 Å². The molecule has 6 nitrogen and oxygen atoms in total. The first-order chi connectivity index (χ1) is 19.4. The lowest BCUT2D eigenvalue weighted by Gasteiger charge is -2.14. The summed E-state index contributed by atoms with van der Waals surface area (Å²) in [5, 5.41) is 4.87. The number of carbonyl (C=O) groups is 3. The van der Waals surface area contributed by atoms with Crippen LogP contribution in [0.1, 0.15) is 21.8 Å². The van der Waals surface area contributed by atoms with E-state index in [2.05, 4.69) is 5.32 Å². The van der Waals surface area contributed by atoms with E-state index in [4.69, 9.17) is 58.0 Å². The van der Waals surface area contributed by atoms with Crippen LogP contribution in [0.5, 0.6) is 0 Å². The Kier molecular flexibility index (Phi) is 8.88. The zero-order chi connectivity index (χ0) is 31.3. The molecule has 3 aromatic rings. The second-order valence-corrected chi connectivity index (χ2v) is 11.4. The lowest BCUT2D eigenvalue weighted by atomic mass is 10.1. The van der Waals surface area contributed by atoms with E-state index in [-0.39, 0.29) is 15.7 Å². The molecule has 0 saturated heterocycles.